The summed E-state index contributed by atoms with van der Waals surface area (Å²) >= 11 is 0. The number of hydrogen-bond acceptors (Lipinski definition) is 2. The maximum atomic E-state index is 13.8. The van der Waals surface area contributed by atoms with Crippen molar-refractivity contribution in [2.45, 2.75) is 19.1 Å². The van der Waals surface area contributed by atoms with Crippen LogP contribution in [-0.4, -0.2) is 19.5 Å². The van der Waals surface area contributed by atoms with Crippen LogP contribution in [-0.2, 0) is 15.9 Å². The lowest BCUT2D eigenvalue weighted by Crippen LogP contribution is -2.31. The van der Waals surface area contributed by atoms with Crippen LogP contribution >= 0.6 is 0 Å². The van der Waals surface area contributed by atoms with Crippen molar-refractivity contribution in [3.05, 3.63) is 82.7 Å². The maximum Gasteiger partial charge on any atom is 0.195 e. The Hall–Kier alpha value is -3.25. The lowest BCUT2D eigenvalue weighted by atomic mass is 10.0. The van der Waals surface area contributed by atoms with Gasteiger partial charge in [0.05, 0.1) is 19.1 Å². The van der Waals surface area contributed by atoms with E-state index in [4.69, 9.17) is 15.9 Å². The molecule has 0 radical (unpaired) electrons. The molecule has 31 heavy (non-hydrogen) atoms. The fraction of sp³-hybridized carbons (Fsp3) is 0.231. The number of benzene rings is 3. The van der Waals surface area contributed by atoms with Gasteiger partial charge in [0.1, 0.15) is 0 Å². The third kappa shape index (κ3) is 4.91. The first kappa shape index (κ1) is 21.0. The van der Waals surface area contributed by atoms with E-state index < -0.39 is 17.5 Å². The summed E-state index contributed by atoms with van der Waals surface area (Å²) < 4.78 is 51.9. The van der Waals surface area contributed by atoms with Gasteiger partial charge in [-0.15, -0.1) is 6.42 Å². The lowest BCUT2D eigenvalue weighted by Gasteiger charge is -2.26. The number of aryl methyl sites for hydroxylation is 1. The van der Waals surface area contributed by atoms with Crippen molar-refractivity contribution in [2.75, 3.05) is 13.2 Å². The molecule has 156 valence electrons. The molecule has 2 nitrogen and oxygen atoms in total. The van der Waals surface area contributed by atoms with E-state index in [1.54, 1.807) is 6.07 Å². The first-order valence-corrected chi connectivity index (χ1v) is 9.91. The third-order valence-corrected chi connectivity index (χ3v) is 5.15. The zero-order valence-electron chi connectivity index (χ0n) is 16.6. The van der Waals surface area contributed by atoms with Gasteiger partial charge in [0.2, 0.25) is 0 Å². The Labute approximate surface area is 179 Å². The first-order valence-electron chi connectivity index (χ1n) is 9.91. The van der Waals surface area contributed by atoms with Gasteiger partial charge in [-0.25, -0.2) is 13.2 Å². The van der Waals surface area contributed by atoms with Crippen molar-refractivity contribution in [3.8, 4) is 24.2 Å². The Balaban J connectivity index is 1.40. The molecule has 0 amide bonds. The van der Waals surface area contributed by atoms with E-state index in [9.17, 15) is 13.2 Å². The molecule has 1 aliphatic rings. The second kappa shape index (κ2) is 9.27. The average Bonchev–Trinajstić information content (AvgIpc) is 2.81. The maximum absolute atomic E-state index is 13.8. The highest BCUT2D eigenvalue weighted by atomic mass is 19.2. The molecular weight excluding hydrogens is 401 g/mol. The monoisotopic (exact) mass is 420 g/mol. The predicted octanol–water partition coefficient (Wildman–Crippen LogP) is 5.21. The van der Waals surface area contributed by atoms with E-state index in [2.05, 4.69) is 17.8 Å². The van der Waals surface area contributed by atoms with Crippen molar-refractivity contribution in [3.63, 3.8) is 0 Å². The van der Waals surface area contributed by atoms with Crippen molar-refractivity contribution in [1.82, 2.24) is 0 Å². The molecule has 1 heterocycles. The molecule has 1 fully saturated rings. The Kier molecular flexibility index (Phi) is 6.28. The van der Waals surface area contributed by atoms with Crippen LogP contribution in [0.2, 0.25) is 0 Å². The molecule has 0 aliphatic carbocycles. The molecule has 0 unspecified atom stereocenters. The van der Waals surface area contributed by atoms with Crippen molar-refractivity contribution in [1.29, 1.82) is 0 Å². The first-order chi connectivity index (χ1) is 15.0. The topological polar surface area (TPSA) is 18.5 Å². The van der Waals surface area contributed by atoms with Crippen LogP contribution in [0.1, 0.15) is 23.1 Å². The standard InChI is InChI=1S/C26H19F3O2/c1-2-17-15-30-24(31-16-17)12-10-19-5-3-18(4-6-19)7-8-20-9-11-22-21(13-20)14-23(27)26(29)25(22)28/h1,3-6,9,11,13-14,17,24H,10,12,15-16H2. The van der Waals surface area contributed by atoms with Crippen LogP contribution in [0.5, 0.6) is 0 Å². The molecule has 0 aromatic heterocycles. The number of rotatable bonds is 3. The molecule has 3 aromatic rings. The van der Waals surface area contributed by atoms with Crippen LogP contribution in [0.3, 0.4) is 0 Å². The van der Waals surface area contributed by atoms with Crippen LogP contribution in [0.4, 0.5) is 13.2 Å². The van der Waals surface area contributed by atoms with Crippen LogP contribution in [0.15, 0.2) is 48.5 Å². The molecule has 1 saturated heterocycles. The summed E-state index contributed by atoms with van der Waals surface area (Å²) in [5.74, 6) is 4.79. The number of halogens is 3. The van der Waals surface area contributed by atoms with Crippen molar-refractivity contribution < 1.29 is 22.6 Å². The normalized spacial score (nSPS) is 18.3. The molecule has 3 aromatic carbocycles. The van der Waals surface area contributed by atoms with E-state index in [1.165, 1.54) is 12.1 Å². The predicted molar refractivity (Wildman–Crippen MR) is 113 cm³/mol. The Morgan fingerprint density at radius 3 is 2.26 bits per heavy atom. The molecule has 0 atom stereocenters. The number of hydrogen-bond donors (Lipinski definition) is 0. The molecule has 0 bridgehead atoms. The highest BCUT2D eigenvalue weighted by Gasteiger charge is 2.20. The van der Waals surface area contributed by atoms with Gasteiger partial charge in [-0.05, 0) is 47.7 Å². The summed E-state index contributed by atoms with van der Waals surface area (Å²) in [5.41, 5.74) is 2.52. The summed E-state index contributed by atoms with van der Waals surface area (Å²) in [7, 11) is 0. The minimum atomic E-state index is -1.47. The zero-order chi connectivity index (χ0) is 21.8. The molecule has 1 aliphatic heterocycles. The Bertz CT molecular complexity index is 1190. The molecule has 0 N–H and O–H groups in total. The van der Waals surface area contributed by atoms with E-state index in [0.717, 1.165) is 30.0 Å². The van der Waals surface area contributed by atoms with Crippen molar-refractivity contribution in [2.24, 2.45) is 5.92 Å². The van der Waals surface area contributed by atoms with Crippen molar-refractivity contribution >= 4 is 10.8 Å². The van der Waals surface area contributed by atoms with Gasteiger partial charge in [-0.3, -0.25) is 0 Å². The van der Waals surface area contributed by atoms with Gasteiger partial charge < -0.3 is 9.47 Å². The molecule has 0 saturated carbocycles. The van der Waals surface area contributed by atoms with Crippen LogP contribution in [0.25, 0.3) is 10.8 Å². The van der Waals surface area contributed by atoms with Crippen LogP contribution in [0, 0.1) is 47.6 Å². The fourth-order valence-electron chi connectivity index (χ4n) is 3.37. The second-order valence-corrected chi connectivity index (χ2v) is 7.37. The summed E-state index contributed by atoms with van der Waals surface area (Å²) in [6.07, 6.45) is 6.68. The van der Waals surface area contributed by atoms with E-state index >= 15 is 0 Å². The van der Waals surface area contributed by atoms with E-state index in [1.807, 2.05) is 24.3 Å². The fourth-order valence-corrected chi connectivity index (χ4v) is 3.37. The minimum Gasteiger partial charge on any atom is -0.351 e. The molecule has 0 spiro atoms. The molecule has 4 rings (SSSR count). The van der Waals surface area contributed by atoms with E-state index in [-0.39, 0.29) is 23.0 Å². The minimum absolute atomic E-state index is 0.0227. The highest BCUT2D eigenvalue weighted by Crippen LogP contribution is 2.24. The summed E-state index contributed by atoms with van der Waals surface area (Å²) in [4.78, 5) is 0. The SMILES string of the molecule is C#CC1COC(CCc2ccc(C#Cc3ccc4c(F)c(F)c(F)cc4c3)cc2)OC1. The summed E-state index contributed by atoms with van der Waals surface area (Å²) in [6, 6.07) is 13.3. The largest absolute Gasteiger partial charge is 0.351 e. The lowest BCUT2D eigenvalue weighted by molar-refractivity contribution is -0.193. The van der Waals surface area contributed by atoms with Gasteiger partial charge in [0.15, 0.2) is 23.7 Å². The molecular formula is C26H19F3O2. The van der Waals surface area contributed by atoms with Gasteiger partial charge in [0.25, 0.3) is 0 Å². The van der Waals surface area contributed by atoms with Gasteiger partial charge in [0, 0.05) is 22.9 Å². The number of terminal acetylenes is 1. The number of fused-ring (bicyclic) bond motifs is 1. The summed E-state index contributed by atoms with van der Waals surface area (Å²) in [5, 5.41) is 0.286. The smallest absolute Gasteiger partial charge is 0.195 e. The number of ether oxygens (including phenoxy) is 2. The van der Waals surface area contributed by atoms with Gasteiger partial charge in [-0.2, -0.15) is 0 Å². The Morgan fingerprint density at radius 2 is 1.55 bits per heavy atom. The third-order valence-electron chi connectivity index (χ3n) is 5.15. The van der Waals surface area contributed by atoms with Gasteiger partial charge >= 0.3 is 0 Å². The van der Waals surface area contributed by atoms with E-state index in [0.29, 0.717) is 18.8 Å². The average molecular weight is 420 g/mol. The van der Waals surface area contributed by atoms with Crippen LogP contribution < -0.4 is 0 Å². The zero-order valence-corrected chi connectivity index (χ0v) is 16.6. The highest BCUT2D eigenvalue weighted by molar-refractivity contribution is 5.84. The van der Waals surface area contributed by atoms with Gasteiger partial charge in [-0.1, -0.05) is 36.0 Å². The summed E-state index contributed by atoms with van der Waals surface area (Å²) in [6.45, 7) is 1.05. The molecule has 5 heteroatoms. The quantitative estimate of drug-likeness (QED) is 0.428. The second-order valence-electron chi connectivity index (χ2n) is 7.37. The Morgan fingerprint density at radius 1 is 0.871 bits per heavy atom.